The number of allylic oxidation sites excluding steroid dienone is 3. The molecule has 0 aromatic carbocycles. The van der Waals surface area contributed by atoms with Gasteiger partial charge >= 0.3 is 0 Å². The number of amides is 1. The van der Waals surface area contributed by atoms with E-state index in [2.05, 4.69) is 31.3 Å². The number of hydrogen-bond donors (Lipinski definition) is 6. The van der Waals surface area contributed by atoms with Gasteiger partial charge in [0.05, 0.1) is 25.4 Å². The fourth-order valence-corrected chi connectivity index (χ4v) is 9.38. The lowest BCUT2D eigenvalue weighted by Crippen LogP contribution is -2.60. The molecule has 7 unspecified atom stereocenters. The van der Waals surface area contributed by atoms with E-state index in [0.717, 1.165) is 64.2 Å². The molecular formula is C58H111NO8. The zero-order valence-corrected chi connectivity index (χ0v) is 43.9. The Bertz CT molecular complexity index is 1100. The van der Waals surface area contributed by atoms with E-state index in [1.807, 2.05) is 6.08 Å². The molecule has 0 bridgehead atoms. The average Bonchev–Trinajstić information content (AvgIpc) is 3.33. The van der Waals surface area contributed by atoms with Crippen molar-refractivity contribution in [1.82, 2.24) is 5.32 Å². The van der Waals surface area contributed by atoms with Crippen LogP contribution >= 0.6 is 0 Å². The number of unbranched alkanes of at least 4 members (excludes halogenated alkanes) is 38. The second-order valence-corrected chi connectivity index (χ2v) is 20.4. The van der Waals surface area contributed by atoms with Crippen LogP contribution in [-0.4, -0.2) is 87.5 Å². The van der Waals surface area contributed by atoms with Crippen molar-refractivity contribution in [1.29, 1.82) is 0 Å². The third-order valence-corrected chi connectivity index (χ3v) is 14.0. The van der Waals surface area contributed by atoms with Crippen LogP contribution in [0.2, 0.25) is 0 Å². The van der Waals surface area contributed by atoms with E-state index in [9.17, 15) is 30.3 Å². The molecule has 0 spiro atoms. The smallest absolute Gasteiger partial charge is 0.220 e. The summed E-state index contributed by atoms with van der Waals surface area (Å²) in [6.45, 7) is 3.75. The molecule has 1 fully saturated rings. The van der Waals surface area contributed by atoms with Crippen molar-refractivity contribution >= 4 is 5.91 Å². The standard InChI is InChI=1S/C58H111NO8/c1-3-5-7-9-11-13-15-16-17-18-19-20-21-22-23-24-25-26-27-28-29-30-31-32-33-34-35-36-38-39-41-43-45-47-52(61)51(50-66-58-57(65)56(64)55(63)53(49-60)67-58)59-54(62)48-46-44-42-40-37-14-12-10-8-6-4-2/h10,12,45,47,51-53,55-58,60-61,63-65H,3-9,11,13-44,46,48-50H2,1-2H3,(H,59,62)/b12-10-,47-45+. The van der Waals surface area contributed by atoms with E-state index in [1.165, 1.54) is 199 Å². The Morgan fingerprint density at radius 3 is 1.25 bits per heavy atom. The molecule has 1 aliphatic heterocycles. The fraction of sp³-hybridized carbons (Fsp3) is 0.914. The van der Waals surface area contributed by atoms with Gasteiger partial charge in [0.1, 0.15) is 24.4 Å². The molecule has 6 N–H and O–H groups in total. The molecule has 9 heteroatoms. The van der Waals surface area contributed by atoms with Gasteiger partial charge in [-0.2, -0.15) is 0 Å². The van der Waals surface area contributed by atoms with Crippen LogP contribution in [0.4, 0.5) is 0 Å². The van der Waals surface area contributed by atoms with Gasteiger partial charge in [-0.3, -0.25) is 4.79 Å². The van der Waals surface area contributed by atoms with Crippen LogP contribution in [0.1, 0.15) is 284 Å². The topological polar surface area (TPSA) is 149 Å². The fourth-order valence-electron chi connectivity index (χ4n) is 9.38. The lowest BCUT2D eigenvalue weighted by molar-refractivity contribution is -0.302. The van der Waals surface area contributed by atoms with Crippen LogP contribution in [-0.2, 0) is 14.3 Å². The molecule has 1 heterocycles. The summed E-state index contributed by atoms with van der Waals surface area (Å²) in [5, 5.41) is 54.3. The molecule has 9 nitrogen and oxygen atoms in total. The highest BCUT2D eigenvalue weighted by atomic mass is 16.7. The number of rotatable bonds is 50. The Balaban J connectivity index is 2.10. The second kappa shape index (κ2) is 48.3. The van der Waals surface area contributed by atoms with Gasteiger partial charge in [-0.25, -0.2) is 0 Å². The highest BCUT2D eigenvalue weighted by molar-refractivity contribution is 5.76. The molecule has 0 radical (unpaired) electrons. The van der Waals surface area contributed by atoms with Crippen LogP contribution in [0.15, 0.2) is 24.3 Å². The Labute approximate surface area is 413 Å². The van der Waals surface area contributed by atoms with Crippen molar-refractivity contribution < 1.29 is 39.8 Å². The first-order valence-electron chi connectivity index (χ1n) is 29.1. The summed E-state index contributed by atoms with van der Waals surface area (Å²) < 4.78 is 11.2. The van der Waals surface area contributed by atoms with Crippen LogP contribution in [0.5, 0.6) is 0 Å². The number of hydrogen-bond acceptors (Lipinski definition) is 8. The molecule has 1 rings (SSSR count). The van der Waals surface area contributed by atoms with E-state index < -0.39 is 49.5 Å². The van der Waals surface area contributed by atoms with Crippen molar-refractivity contribution in [2.24, 2.45) is 0 Å². The van der Waals surface area contributed by atoms with Crippen LogP contribution in [0.25, 0.3) is 0 Å². The molecule has 1 aliphatic rings. The summed E-state index contributed by atoms with van der Waals surface area (Å²) >= 11 is 0. The molecule has 1 saturated heterocycles. The first-order valence-corrected chi connectivity index (χ1v) is 29.1. The lowest BCUT2D eigenvalue weighted by atomic mass is 9.99. The monoisotopic (exact) mass is 950 g/mol. The van der Waals surface area contributed by atoms with Gasteiger partial charge in [-0.1, -0.05) is 263 Å². The molecule has 0 saturated carbocycles. The number of nitrogens with one attached hydrogen (secondary N) is 1. The Morgan fingerprint density at radius 2 is 0.851 bits per heavy atom. The molecule has 0 aliphatic carbocycles. The predicted octanol–water partition coefficient (Wildman–Crippen LogP) is 14.2. The number of ether oxygens (including phenoxy) is 2. The zero-order chi connectivity index (χ0) is 48.7. The van der Waals surface area contributed by atoms with Crippen LogP contribution in [0.3, 0.4) is 0 Å². The molecule has 7 atom stereocenters. The summed E-state index contributed by atoms with van der Waals surface area (Å²) in [4.78, 5) is 13.0. The number of carbonyl (C=O) groups is 1. The van der Waals surface area contributed by atoms with Gasteiger partial charge in [0.15, 0.2) is 6.29 Å². The van der Waals surface area contributed by atoms with Gasteiger partial charge in [0.25, 0.3) is 0 Å². The molecule has 396 valence electrons. The van der Waals surface area contributed by atoms with E-state index in [4.69, 9.17) is 9.47 Å². The molecule has 0 aromatic rings. The first kappa shape index (κ1) is 63.7. The third kappa shape index (κ3) is 38.1. The van der Waals surface area contributed by atoms with Crippen molar-refractivity contribution in [2.75, 3.05) is 13.2 Å². The summed E-state index contributed by atoms with van der Waals surface area (Å²) in [6.07, 6.45) is 54.2. The van der Waals surface area contributed by atoms with Crippen molar-refractivity contribution in [3.8, 4) is 0 Å². The lowest BCUT2D eigenvalue weighted by Gasteiger charge is -2.40. The van der Waals surface area contributed by atoms with E-state index in [0.29, 0.717) is 6.42 Å². The van der Waals surface area contributed by atoms with Gasteiger partial charge in [-0.05, 0) is 38.5 Å². The minimum Gasteiger partial charge on any atom is -0.394 e. The highest BCUT2D eigenvalue weighted by Crippen LogP contribution is 2.23. The number of aliphatic hydroxyl groups is 5. The van der Waals surface area contributed by atoms with Gasteiger partial charge in [0, 0.05) is 6.42 Å². The summed E-state index contributed by atoms with van der Waals surface area (Å²) in [6, 6.07) is -0.807. The average molecular weight is 951 g/mol. The van der Waals surface area contributed by atoms with Gasteiger partial charge < -0.3 is 40.3 Å². The summed E-state index contributed by atoms with van der Waals surface area (Å²) in [7, 11) is 0. The first-order chi connectivity index (χ1) is 32.8. The maximum atomic E-state index is 13.0. The molecule has 67 heavy (non-hydrogen) atoms. The zero-order valence-electron chi connectivity index (χ0n) is 43.9. The summed E-state index contributed by atoms with van der Waals surface area (Å²) in [5.74, 6) is -0.185. The Kier molecular flexibility index (Phi) is 45.9. The maximum absolute atomic E-state index is 13.0. The second-order valence-electron chi connectivity index (χ2n) is 20.4. The van der Waals surface area contributed by atoms with Gasteiger partial charge in [-0.15, -0.1) is 0 Å². The van der Waals surface area contributed by atoms with Crippen molar-refractivity contribution in [2.45, 2.75) is 326 Å². The third-order valence-electron chi connectivity index (χ3n) is 14.0. The van der Waals surface area contributed by atoms with E-state index >= 15 is 0 Å². The minimum atomic E-state index is -1.57. The van der Waals surface area contributed by atoms with Gasteiger partial charge in [0.2, 0.25) is 5.91 Å². The summed E-state index contributed by atoms with van der Waals surface area (Å²) in [5.41, 5.74) is 0. The number of carbonyl (C=O) groups excluding carboxylic acids is 1. The molecule has 1 amide bonds. The van der Waals surface area contributed by atoms with E-state index in [1.54, 1.807) is 6.08 Å². The van der Waals surface area contributed by atoms with Crippen molar-refractivity contribution in [3.05, 3.63) is 24.3 Å². The van der Waals surface area contributed by atoms with Crippen LogP contribution in [0, 0.1) is 0 Å². The largest absolute Gasteiger partial charge is 0.394 e. The number of aliphatic hydroxyl groups excluding tert-OH is 5. The molecule has 0 aromatic heterocycles. The van der Waals surface area contributed by atoms with Crippen LogP contribution < -0.4 is 5.32 Å². The quantitative estimate of drug-likeness (QED) is 0.0261. The normalized spacial score (nSPS) is 19.8. The Hall–Kier alpha value is -1.33. The Morgan fingerprint density at radius 1 is 0.493 bits per heavy atom. The van der Waals surface area contributed by atoms with Crippen molar-refractivity contribution in [3.63, 3.8) is 0 Å². The minimum absolute atomic E-state index is 0.185. The maximum Gasteiger partial charge on any atom is 0.220 e. The SMILES string of the molecule is CCCC/C=C\CCCCCCCC(=O)NC(COC1OC(CO)C(O)C(O)C1O)C(O)/C=C/CCCCCCCCCCCCCCCCCCCCCCCCCCCCCCCCC. The predicted molar refractivity (Wildman–Crippen MR) is 281 cm³/mol. The molecular weight excluding hydrogens is 839 g/mol. The van der Waals surface area contributed by atoms with E-state index in [-0.39, 0.29) is 12.5 Å². The highest BCUT2D eigenvalue weighted by Gasteiger charge is 2.44.